The minimum atomic E-state index is -0.143. The third-order valence-corrected chi connectivity index (χ3v) is 2.38. The Hall–Kier alpha value is -1.50. The van der Waals surface area contributed by atoms with Crippen LogP contribution >= 0.6 is 11.6 Å². The summed E-state index contributed by atoms with van der Waals surface area (Å²) in [6.07, 6.45) is 5.04. The Bertz CT molecular complexity index is 424. The van der Waals surface area contributed by atoms with Gasteiger partial charge in [-0.2, -0.15) is 0 Å². The number of rotatable bonds is 4. The van der Waals surface area contributed by atoms with Crippen molar-refractivity contribution in [2.24, 2.45) is 0 Å². The first-order valence-electron chi connectivity index (χ1n) is 4.83. The van der Waals surface area contributed by atoms with Crippen LogP contribution in [0.15, 0.2) is 18.2 Å². The second kappa shape index (κ2) is 6.16. The minimum Gasteiger partial charge on any atom is -0.325 e. The van der Waals surface area contributed by atoms with Gasteiger partial charge in [-0.3, -0.25) is 10.1 Å². The zero-order valence-electron chi connectivity index (χ0n) is 9.01. The first kappa shape index (κ1) is 12.6. The highest BCUT2D eigenvalue weighted by molar-refractivity contribution is 6.31. The van der Waals surface area contributed by atoms with Crippen LogP contribution in [0.25, 0.3) is 0 Å². The molecule has 84 valence electrons. The van der Waals surface area contributed by atoms with Crippen LogP contribution in [-0.4, -0.2) is 19.0 Å². The number of carbonyl (C=O) groups excluding carboxylic acids is 1. The number of halogens is 1. The Balaban J connectivity index is 2.50. The topological polar surface area (TPSA) is 41.1 Å². The van der Waals surface area contributed by atoms with Gasteiger partial charge in [0.15, 0.2) is 0 Å². The molecule has 0 saturated heterocycles. The molecule has 1 aromatic carbocycles. The molecule has 0 heterocycles. The number of hydrogen-bond acceptors (Lipinski definition) is 2. The van der Waals surface area contributed by atoms with E-state index in [-0.39, 0.29) is 12.5 Å². The lowest BCUT2D eigenvalue weighted by atomic mass is 10.2. The standard InChI is InChI=1S/C12H13ClN2O/c1-3-6-14-8-12(16)15-10-5-4-9(2)11(13)7-10/h1,4-5,7,14H,6,8H2,2H3,(H,15,16). The molecule has 0 unspecified atom stereocenters. The Morgan fingerprint density at radius 3 is 2.94 bits per heavy atom. The van der Waals surface area contributed by atoms with Gasteiger partial charge in [0, 0.05) is 10.7 Å². The highest BCUT2D eigenvalue weighted by Crippen LogP contribution is 2.19. The molecule has 0 atom stereocenters. The normalized spacial score (nSPS) is 9.56. The smallest absolute Gasteiger partial charge is 0.238 e. The fourth-order valence-electron chi connectivity index (χ4n) is 1.12. The van der Waals surface area contributed by atoms with Crippen LogP contribution < -0.4 is 10.6 Å². The lowest BCUT2D eigenvalue weighted by molar-refractivity contribution is -0.115. The molecule has 2 N–H and O–H groups in total. The summed E-state index contributed by atoms with van der Waals surface area (Å²) in [7, 11) is 0. The molecule has 16 heavy (non-hydrogen) atoms. The van der Waals surface area contributed by atoms with Gasteiger partial charge >= 0.3 is 0 Å². The van der Waals surface area contributed by atoms with Crippen molar-refractivity contribution in [3.63, 3.8) is 0 Å². The largest absolute Gasteiger partial charge is 0.325 e. The molecule has 0 saturated carbocycles. The van der Waals surface area contributed by atoms with Gasteiger partial charge in [-0.25, -0.2) is 0 Å². The summed E-state index contributed by atoms with van der Waals surface area (Å²) in [4.78, 5) is 11.4. The van der Waals surface area contributed by atoms with E-state index >= 15 is 0 Å². The summed E-state index contributed by atoms with van der Waals surface area (Å²) in [6, 6.07) is 5.38. The van der Waals surface area contributed by atoms with Crippen molar-refractivity contribution in [1.82, 2.24) is 5.32 Å². The summed E-state index contributed by atoms with van der Waals surface area (Å²) < 4.78 is 0. The van der Waals surface area contributed by atoms with E-state index in [1.54, 1.807) is 12.1 Å². The van der Waals surface area contributed by atoms with Crippen molar-refractivity contribution in [2.75, 3.05) is 18.4 Å². The predicted octanol–water partition coefficient (Wildman–Crippen LogP) is 1.81. The molecule has 1 rings (SSSR count). The Labute approximate surface area is 100 Å². The van der Waals surface area contributed by atoms with E-state index in [0.717, 1.165) is 5.56 Å². The first-order valence-corrected chi connectivity index (χ1v) is 5.21. The van der Waals surface area contributed by atoms with Gasteiger partial charge in [0.25, 0.3) is 0 Å². The fraction of sp³-hybridized carbons (Fsp3) is 0.250. The monoisotopic (exact) mass is 236 g/mol. The number of hydrogen-bond donors (Lipinski definition) is 2. The molecule has 0 aliphatic rings. The van der Waals surface area contributed by atoms with Crippen molar-refractivity contribution in [3.05, 3.63) is 28.8 Å². The molecular formula is C12H13ClN2O. The third-order valence-electron chi connectivity index (χ3n) is 1.97. The zero-order valence-corrected chi connectivity index (χ0v) is 9.77. The minimum absolute atomic E-state index is 0.143. The van der Waals surface area contributed by atoms with Gasteiger partial charge < -0.3 is 5.32 Å². The SMILES string of the molecule is C#CCNCC(=O)Nc1ccc(C)c(Cl)c1. The predicted molar refractivity (Wildman–Crippen MR) is 66.5 cm³/mol. The maximum Gasteiger partial charge on any atom is 0.238 e. The summed E-state index contributed by atoms with van der Waals surface area (Å²) in [5.41, 5.74) is 1.66. The highest BCUT2D eigenvalue weighted by Gasteiger charge is 2.02. The van der Waals surface area contributed by atoms with Crippen LogP contribution in [0.1, 0.15) is 5.56 Å². The molecule has 0 aliphatic carbocycles. The number of terminal acetylenes is 1. The second-order valence-corrected chi connectivity index (χ2v) is 3.73. The summed E-state index contributed by atoms with van der Waals surface area (Å²) >= 11 is 5.93. The van der Waals surface area contributed by atoms with Crippen LogP contribution in [0, 0.1) is 19.3 Å². The van der Waals surface area contributed by atoms with E-state index in [9.17, 15) is 4.79 Å². The van der Waals surface area contributed by atoms with Gasteiger partial charge in [0.1, 0.15) is 0 Å². The molecule has 0 bridgehead atoms. The van der Waals surface area contributed by atoms with E-state index in [2.05, 4.69) is 16.6 Å². The van der Waals surface area contributed by atoms with Crippen LogP contribution in [0.4, 0.5) is 5.69 Å². The molecule has 4 heteroatoms. The van der Waals surface area contributed by atoms with Crippen LogP contribution in [0.3, 0.4) is 0 Å². The number of aryl methyl sites for hydroxylation is 1. The Kier molecular flexibility index (Phi) is 4.84. The third kappa shape index (κ3) is 3.93. The van der Waals surface area contributed by atoms with Crippen LogP contribution in [0.2, 0.25) is 5.02 Å². The van der Waals surface area contributed by atoms with Crippen LogP contribution in [-0.2, 0) is 4.79 Å². The number of amides is 1. The molecule has 0 aromatic heterocycles. The van der Waals surface area contributed by atoms with Crippen molar-refractivity contribution in [2.45, 2.75) is 6.92 Å². The van der Waals surface area contributed by atoms with Crippen LogP contribution in [0.5, 0.6) is 0 Å². The number of nitrogens with one attached hydrogen (secondary N) is 2. The van der Waals surface area contributed by atoms with E-state index in [4.69, 9.17) is 18.0 Å². The molecule has 1 amide bonds. The molecule has 0 fully saturated rings. The molecule has 0 radical (unpaired) electrons. The van der Waals surface area contributed by atoms with Crippen molar-refractivity contribution in [3.8, 4) is 12.3 Å². The molecular weight excluding hydrogens is 224 g/mol. The molecule has 1 aromatic rings. The second-order valence-electron chi connectivity index (χ2n) is 3.32. The Morgan fingerprint density at radius 2 is 2.31 bits per heavy atom. The maximum absolute atomic E-state index is 11.4. The average molecular weight is 237 g/mol. The van der Waals surface area contributed by atoms with E-state index in [1.807, 2.05) is 13.0 Å². The molecule has 0 spiro atoms. The Morgan fingerprint density at radius 1 is 1.56 bits per heavy atom. The van der Waals surface area contributed by atoms with Gasteiger partial charge in [0.05, 0.1) is 13.1 Å². The fourth-order valence-corrected chi connectivity index (χ4v) is 1.30. The van der Waals surface area contributed by atoms with Crippen molar-refractivity contribution in [1.29, 1.82) is 0 Å². The summed E-state index contributed by atoms with van der Waals surface area (Å²) in [5.74, 6) is 2.25. The zero-order chi connectivity index (χ0) is 12.0. The summed E-state index contributed by atoms with van der Waals surface area (Å²) in [6.45, 7) is 2.47. The summed E-state index contributed by atoms with van der Waals surface area (Å²) in [5, 5.41) is 6.15. The lowest BCUT2D eigenvalue weighted by Crippen LogP contribution is -2.28. The van der Waals surface area contributed by atoms with Gasteiger partial charge in [-0.15, -0.1) is 6.42 Å². The lowest BCUT2D eigenvalue weighted by Gasteiger charge is -2.06. The van der Waals surface area contributed by atoms with Crippen molar-refractivity contribution < 1.29 is 4.79 Å². The van der Waals surface area contributed by atoms with E-state index < -0.39 is 0 Å². The van der Waals surface area contributed by atoms with E-state index in [0.29, 0.717) is 17.3 Å². The first-order chi connectivity index (χ1) is 7.63. The molecule has 0 aliphatic heterocycles. The van der Waals surface area contributed by atoms with Gasteiger partial charge in [0.2, 0.25) is 5.91 Å². The van der Waals surface area contributed by atoms with E-state index in [1.165, 1.54) is 0 Å². The van der Waals surface area contributed by atoms with Crippen molar-refractivity contribution >= 4 is 23.2 Å². The number of anilines is 1. The van der Waals surface area contributed by atoms with Gasteiger partial charge in [-0.05, 0) is 24.6 Å². The van der Waals surface area contributed by atoms with Gasteiger partial charge in [-0.1, -0.05) is 23.6 Å². The average Bonchev–Trinajstić information content (AvgIpc) is 2.24. The number of benzene rings is 1. The maximum atomic E-state index is 11.4. The molecule has 3 nitrogen and oxygen atoms in total. The highest BCUT2D eigenvalue weighted by atomic mass is 35.5. The number of carbonyl (C=O) groups is 1. The quantitative estimate of drug-likeness (QED) is 0.619.